The number of hydrogen-bond donors (Lipinski definition) is 2. The van der Waals surface area contributed by atoms with E-state index in [2.05, 4.69) is 9.71 Å². The van der Waals surface area contributed by atoms with E-state index >= 15 is 0 Å². The first kappa shape index (κ1) is 28.0. The van der Waals surface area contributed by atoms with Crippen molar-refractivity contribution in [1.29, 1.82) is 0 Å². The molecule has 206 valence electrons. The van der Waals surface area contributed by atoms with Crippen LogP contribution in [0, 0.1) is 5.92 Å². The molecule has 0 bridgehead atoms. The molecule has 1 aliphatic carbocycles. The summed E-state index contributed by atoms with van der Waals surface area (Å²) in [5, 5.41) is 10.9. The number of sulfonamides is 1. The lowest BCUT2D eigenvalue weighted by Crippen LogP contribution is -2.39. The summed E-state index contributed by atoms with van der Waals surface area (Å²) in [6, 6.07) is 15.8. The van der Waals surface area contributed by atoms with Crippen LogP contribution >= 0.6 is 22.9 Å². The molecule has 39 heavy (non-hydrogen) atoms. The highest BCUT2D eigenvalue weighted by molar-refractivity contribution is 7.90. The van der Waals surface area contributed by atoms with Crippen molar-refractivity contribution in [3.05, 3.63) is 87.9 Å². The number of thiophene rings is 1. The smallest absolute Gasteiger partial charge is 0.376 e. The summed E-state index contributed by atoms with van der Waals surface area (Å²) in [5.41, 5.74) is -1.95. The number of rotatable bonds is 8. The molecule has 1 fully saturated rings. The van der Waals surface area contributed by atoms with Crippen LogP contribution in [-0.2, 0) is 15.6 Å². The minimum atomic E-state index is -4.87. The molecule has 5 rings (SSSR count). The van der Waals surface area contributed by atoms with Gasteiger partial charge in [0.2, 0.25) is 10.0 Å². The number of fused-ring (bicyclic) bond motifs is 1. The Bertz CT molecular complexity index is 1640. The fourth-order valence-corrected chi connectivity index (χ4v) is 8.27. The molecule has 5 nitrogen and oxygen atoms in total. The summed E-state index contributed by atoms with van der Waals surface area (Å²) in [4.78, 5) is 4.97. The van der Waals surface area contributed by atoms with Crippen LogP contribution in [0.4, 0.5) is 13.2 Å². The molecule has 2 heterocycles. The van der Waals surface area contributed by atoms with Gasteiger partial charge in [-0.05, 0) is 60.0 Å². The van der Waals surface area contributed by atoms with Crippen molar-refractivity contribution >= 4 is 43.0 Å². The molecule has 0 radical (unpaired) electrons. The molecule has 11 heteroatoms. The Labute approximate surface area is 233 Å². The lowest BCUT2D eigenvalue weighted by atomic mass is 9.94. The number of aliphatic hydroxyl groups is 1. The second kappa shape index (κ2) is 10.2. The number of halogens is 4. The Morgan fingerprint density at radius 1 is 1.15 bits per heavy atom. The highest BCUT2D eigenvalue weighted by Gasteiger charge is 2.51. The van der Waals surface area contributed by atoms with E-state index in [4.69, 9.17) is 11.6 Å². The zero-order valence-corrected chi connectivity index (χ0v) is 23.4. The standard InChI is InChI=1S/C28H26ClF3N2O3S2/c1-3-16-14-24(16)39(36,37)34-25(19-8-4-5-10-21(19)29)23-13-17-7-6-9-20(26(17)38-23)22-15-18(11-12-33-22)27(2,35)28(30,31)32/h4-13,15-16,24-25,34-35H,3,14H2,1-2H3/t16-,24-,25-,27+/m1/s1. The van der Waals surface area contributed by atoms with Gasteiger partial charge in [-0.2, -0.15) is 13.2 Å². The van der Waals surface area contributed by atoms with Gasteiger partial charge in [0.1, 0.15) is 0 Å². The first-order valence-corrected chi connectivity index (χ1v) is 15.1. The zero-order valence-electron chi connectivity index (χ0n) is 21.0. The zero-order chi connectivity index (χ0) is 28.2. The summed E-state index contributed by atoms with van der Waals surface area (Å²) < 4.78 is 70.6. The SMILES string of the molecule is CC[C@@H]1C[C@H]1S(=O)(=O)N[C@@H](c1cc2cccc(-c3cc([C@](C)(O)C(F)(F)F)ccn3)c2s1)c1ccccc1Cl. The van der Waals surface area contributed by atoms with Gasteiger partial charge in [-0.15, -0.1) is 11.3 Å². The van der Waals surface area contributed by atoms with Crippen LogP contribution in [0.5, 0.6) is 0 Å². The third-order valence-corrected chi connectivity index (χ3v) is 10.8. The second-order valence-corrected chi connectivity index (χ2v) is 13.4. The first-order chi connectivity index (χ1) is 18.3. The predicted molar refractivity (Wildman–Crippen MR) is 148 cm³/mol. The van der Waals surface area contributed by atoms with Crippen LogP contribution in [0.15, 0.2) is 66.9 Å². The fraction of sp³-hybridized carbons (Fsp3) is 0.321. The lowest BCUT2D eigenvalue weighted by Gasteiger charge is -2.26. The number of aromatic nitrogens is 1. The Balaban J connectivity index is 1.60. The molecule has 0 aliphatic heterocycles. The van der Waals surface area contributed by atoms with Gasteiger partial charge in [0.05, 0.1) is 17.0 Å². The molecule has 1 saturated carbocycles. The van der Waals surface area contributed by atoms with Gasteiger partial charge in [0.25, 0.3) is 0 Å². The van der Waals surface area contributed by atoms with E-state index in [1.807, 2.05) is 19.1 Å². The van der Waals surface area contributed by atoms with Crippen LogP contribution < -0.4 is 4.72 Å². The van der Waals surface area contributed by atoms with Crippen LogP contribution in [0.3, 0.4) is 0 Å². The van der Waals surface area contributed by atoms with Crippen molar-refractivity contribution < 1.29 is 26.7 Å². The molecule has 2 aromatic carbocycles. The van der Waals surface area contributed by atoms with Gasteiger partial charge < -0.3 is 5.11 Å². The van der Waals surface area contributed by atoms with Crippen LogP contribution in [0.25, 0.3) is 21.3 Å². The summed E-state index contributed by atoms with van der Waals surface area (Å²) in [6.45, 7) is 2.68. The molecule has 0 amide bonds. The third-order valence-electron chi connectivity index (χ3n) is 7.28. The maximum absolute atomic E-state index is 13.5. The van der Waals surface area contributed by atoms with Crippen LogP contribution in [-0.4, -0.2) is 29.9 Å². The number of nitrogens with one attached hydrogen (secondary N) is 1. The molecule has 4 aromatic rings. The van der Waals surface area contributed by atoms with E-state index in [1.165, 1.54) is 23.6 Å². The molecule has 0 unspecified atom stereocenters. The van der Waals surface area contributed by atoms with Gasteiger partial charge >= 0.3 is 6.18 Å². The van der Waals surface area contributed by atoms with Gasteiger partial charge in [-0.3, -0.25) is 4.98 Å². The van der Waals surface area contributed by atoms with Crippen LogP contribution in [0.1, 0.15) is 48.7 Å². The normalized spacial score (nSPS) is 20.1. The number of alkyl halides is 3. The largest absolute Gasteiger partial charge is 0.421 e. The van der Waals surface area contributed by atoms with E-state index in [0.717, 1.165) is 22.6 Å². The highest BCUT2D eigenvalue weighted by atomic mass is 35.5. The summed E-state index contributed by atoms with van der Waals surface area (Å²) >= 11 is 7.83. The van der Waals surface area contributed by atoms with Crippen molar-refractivity contribution in [2.75, 3.05) is 0 Å². The Morgan fingerprint density at radius 3 is 2.56 bits per heavy atom. The third kappa shape index (κ3) is 5.32. The maximum Gasteiger partial charge on any atom is 0.421 e. The van der Waals surface area contributed by atoms with E-state index in [0.29, 0.717) is 34.4 Å². The molecular weight excluding hydrogens is 569 g/mol. The molecule has 4 atom stereocenters. The van der Waals surface area contributed by atoms with E-state index in [1.54, 1.807) is 36.4 Å². The van der Waals surface area contributed by atoms with Gasteiger partial charge in [0, 0.05) is 26.4 Å². The van der Waals surface area contributed by atoms with E-state index < -0.39 is 33.1 Å². The number of benzene rings is 2. The monoisotopic (exact) mass is 594 g/mol. The lowest BCUT2D eigenvalue weighted by molar-refractivity contribution is -0.258. The minimum Gasteiger partial charge on any atom is -0.376 e. The topological polar surface area (TPSA) is 79.3 Å². The molecule has 2 N–H and O–H groups in total. The van der Waals surface area contributed by atoms with Crippen LogP contribution in [0.2, 0.25) is 5.02 Å². The van der Waals surface area contributed by atoms with Crippen molar-refractivity contribution in [2.45, 2.75) is 49.8 Å². The summed E-state index contributed by atoms with van der Waals surface area (Å²) in [7, 11) is -3.64. The number of hydrogen-bond acceptors (Lipinski definition) is 5. The van der Waals surface area contributed by atoms with E-state index in [-0.39, 0.29) is 17.2 Å². The molecule has 2 aromatic heterocycles. The van der Waals surface area contributed by atoms with E-state index in [9.17, 15) is 26.7 Å². The minimum absolute atomic E-state index is 0.121. The molecule has 0 saturated heterocycles. The molecular formula is C28H26ClF3N2O3S2. The van der Waals surface area contributed by atoms with Crippen molar-refractivity contribution in [3.8, 4) is 11.3 Å². The van der Waals surface area contributed by atoms with Gasteiger partial charge in [0.15, 0.2) is 5.60 Å². The maximum atomic E-state index is 13.5. The quantitative estimate of drug-likeness (QED) is 0.226. The molecule has 0 spiro atoms. The average molecular weight is 595 g/mol. The van der Waals surface area contributed by atoms with Crippen molar-refractivity contribution in [3.63, 3.8) is 0 Å². The first-order valence-electron chi connectivity index (χ1n) is 12.4. The second-order valence-electron chi connectivity index (χ2n) is 9.93. The van der Waals surface area contributed by atoms with Crippen molar-refractivity contribution in [2.24, 2.45) is 5.92 Å². The van der Waals surface area contributed by atoms with Gasteiger partial charge in [-0.1, -0.05) is 61.3 Å². The average Bonchev–Trinajstić information content (AvgIpc) is 3.58. The Morgan fingerprint density at radius 2 is 1.90 bits per heavy atom. The predicted octanol–water partition coefficient (Wildman–Crippen LogP) is 7.19. The fourth-order valence-electron chi connectivity index (χ4n) is 4.74. The Hall–Kier alpha value is -2.50. The number of pyridine rings is 1. The summed E-state index contributed by atoms with van der Waals surface area (Å²) in [5.74, 6) is 0.121. The van der Waals surface area contributed by atoms with Crippen molar-refractivity contribution in [1.82, 2.24) is 9.71 Å². The number of nitrogens with zero attached hydrogens (tertiary/aromatic N) is 1. The highest BCUT2D eigenvalue weighted by Crippen LogP contribution is 2.44. The Kier molecular flexibility index (Phi) is 7.30. The van der Waals surface area contributed by atoms with Gasteiger partial charge in [-0.25, -0.2) is 13.1 Å². The summed E-state index contributed by atoms with van der Waals surface area (Å²) in [6.07, 6.45) is -2.24. The molecule has 1 aliphatic rings.